The highest BCUT2D eigenvalue weighted by Gasteiger charge is 2.24. The van der Waals surface area contributed by atoms with E-state index in [1.54, 1.807) is 11.3 Å². The van der Waals surface area contributed by atoms with Gasteiger partial charge in [-0.15, -0.1) is 11.3 Å². The van der Waals surface area contributed by atoms with Gasteiger partial charge in [-0.3, -0.25) is 4.57 Å². The molecule has 1 aliphatic rings. The van der Waals surface area contributed by atoms with E-state index in [2.05, 4.69) is 29.5 Å². The maximum atomic E-state index is 10.0. The number of hydrogen-bond acceptors (Lipinski definition) is 3. The van der Waals surface area contributed by atoms with Crippen LogP contribution in [0.4, 0.5) is 0 Å². The first-order chi connectivity index (χ1) is 8.16. The zero-order chi connectivity index (χ0) is 12.0. The van der Waals surface area contributed by atoms with Crippen LogP contribution in [0.1, 0.15) is 40.8 Å². The molecule has 0 saturated heterocycles. The third-order valence-corrected chi connectivity index (χ3v) is 4.27. The fraction of sp³-hybridized carbons (Fsp3) is 0.462. The van der Waals surface area contributed by atoms with Crippen molar-refractivity contribution >= 4 is 11.3 Å². The zero-order valence-corrected chi connectivity index (χ0v) is 10.9. The van der Waals surface area contributed by atoms with Gasteiger partial charge in [0, 0.05) is 28.0 Å². The van der Waals surface area contributed by atoms with E-state index in [4.69, 9.17) is 0 Å². The molecule has 0 aromatic carbocycles. The second kappa shape index (κ2) is 3.96. The van der Waals surface area contributed by atoms with Gasteiger partial charge in [0.2, 0.25) is 0 Å². The molecular formula is C13H16N2OS. The summed E-state index contributed by atoms with van der Waals surface area (Å²) in [5.74, 6) is 0. The Labute approximate surface area is 105 Å². The average Bonchev–Trinajstić information content (AvgIpc) is 2.82. The number of hydrogen-bond donors (Lipinski definition) is 1. The Morgan fingerprint density at radius 3 is 3.00 bits per heavy atom. The molecular weight excluding hydrogens is 232 g/mol. The van der Waals surface area contributed by atoms with Crippen LogP contribution < -0.4 is 0 Å². The van der Waals surface area contributed by atoms with E-state index in [9.17, 15) is 5.11 Å². The van der Waals surface area contributed by atoms with E-state index in [1.807, 2.05) is 6.20 Å². The number of aliphatic hydroxyl groups excluding tert-OH is 1. The molecule has 1 N–H and O–H groups in total. The van der Waals surface area contributed by atoms with Gasteiger partial charge >= 0.3 is 0 Å². The summed E-state index contributed by atoms with van der Waals surface area (Å²) >= 11 is 1.70. The summed E-state index contributed by atoms with van der Waals surface area (Å²) in [7, 11) is 0. The van der Waals surface area contributed by atoms with Crippen molar-refractivity contribution in [2.75, 3.05) is 0 Å². The lowest BCUT2D eigenvalue weighted by Gasteiger charge is -2.19. The van der Waals surface area contributed by atoms with Gasteiger partial charge in [0.1, 0.15) is 0 Å². The van der Waals surface area contributed by atoms with E-state index in [0.29, 0.717) is 0 Å². The molecule has 0 amide bonds. The molecule has 0 spiro atoms. The van der Waals surface area contributed by atoms with Crippen molar-refractivity contribution in [3.05, 3.63) is 34.1 Å². The Morgan fingerprint density at radius 2 is 2.29 bits per heavy atom. The number of thiazole rings is 1. The Kier molecular flexibility index (Phi) is 2.56. The van der Waals surface area contributed by atoms with Crippen LogP contribution in [-0.2, 0) is 6.42 Å². The smallest absolute Gasteiger partial charge is 0.194 e. The van der Waals surface area contributed by atoms with Gasteiger partial charge in [0.25, 0.3) is 0 Å². The van der Waals surface area contributed by atoms with Crippen LogP contribution in [0.5, 0.6) is 0 Å². The Bertz CT molecular complexity index is 556. The summed E-state index contributed by atoms with van der Waals surface area (Å²) in [6.45, 7) is 4.16. The Balaban J connectivity index is 2.17. The van der Waals surface area contributed by atoms with Crippen LogP contribution in [0.3, 0.4) is 0 Å². The molecule has 0 radical (unpaired) electrons. The SMILES string of the molecule is Cc1cnc(-n2c(C)cc3c2CCCC3O)s1. The third kappa shape index (κ3) is 1.72. The average molecular weight is 248 g/mol. The molecule has 4 heteroatoms. The highest BCUT2D eigenvalue weighted by atomic mass is 32.1. The molecule has 0 fully saturated rings. The van der Waals surface area contributed by atoms with E-state index in [1.165, 1.54) is 16.3 Å². The number of nitrogens with zero attached hydrogens (tertiary/aromatic N) is 2. The van der Waals surface area contributed by atoms with E-state index >= 15 is 0 Å². The third-order valence-electron chi connectivity index (χ3n) is 3.37. The molecule has 17 heavy (non-hydrogen) atoms. The van der Waals surface area contributed by atoms with E-state index in [0.717, 1.165) is 30.0 Å². The van der Waals surface area contributed by atoms with Crippen molar-refractivity contribution in [3.63, 3.8) is 0 Å². The lowest BCUT2D eigenvalue weighted by atomic mass is 9.95. The van der Waals surface area contributed by atoms with Crippen molar-refractivity contribution < 1.29 is 5.11 Å². The van der Waals surface area contributed by atoms with Crippen molar-refractivity contribution in [1.29, 1.82) is 0 Å². The van der Waals surface area contributed by atoms with E-state index < -0.39 is 0 Å². The van der Waals surface area contributed by atoms with Crippen molar-refractivity contribution in [3.8, 4) is 5.13 Å². The van der Waals surface area contributed by atoms with Crippen LogP contribution in [0.25, 0.3) is 5.13 Å². The predicted octanol–water partition coefficient (Wildman–Crippen LogP) is 2.92. The van der Waals surface area contributed by atoms with Crippen LogP contribution in [-0.4, -0.2) is 14.7 Å². The highest BCUT2D eigenvalue weighted by molar-refractivity contribution is 7.14. The Hall–Kier alpha value is -1.13. The molecule has 90 valence electrons. The number of fused-ring (bicyclic) bond motifs is 1. The lowest BCUT2D eigenvalue weighted by Crippen LogP contribution is -2.11. The Morgan fingerprint density at radius 1 is 1.47 bits per heavy atom. The first kappa shape index (κ1) is 11.0. The number of aromatic nitrogens is 2. The molecule has 0 saturated carbocycles. The number of aliphatic hydroxyl groups is 1. The maximum absolute atomic E-state index is 10.0. The first-order valence-electron chi connectivity index (χ1n) is 5.99. The molecule has 2 aromatic rings. The second-order valence-electron chi connectivity index (χ2n) is 4.68. The number of aryl methyl sites for hydroxylation is 2. The molecule has 3 nitrogen and oxygen atoms in total. The predicted molar refractivity (Wildman–Crippen MR) is 68.8 cm³/mol. The standard InChI is InChI=1S/C13H16N2OS/c1-8-6-10-11(4-3-5-12(10)16)15(8)13-14-7-9(2)17-13/h6-7,12,16H,3-5H2,1-2H3. The van der Waals surface area contributed by atoms with Gasteiger partial charge in [-0.05, 0) is 39.2 Å². The van der Waals surface area contributed by atoms with Crippen molar-refractivity contribution in [2.45, 2.75) is 39.2 Å². The summed E-state index contributed by atoms with van der Waals surface area (Å²) in [4.78, 5) is 5.67. The molecule has 1 atom stereocenters. The van der Waals surface area contributed by atoms with Gasteiger partial charge < -0.3 is 5.11 Å². The van der Waals surface area contributed by atoms with Crippen molar-refractivity contribution in [1.82, 2.24) is 9.55 Å². The monoisotopic (exact) mass is 248 g/mol. The largest absolute Gasteiger partial charge is 0.388 e. The summed E-state index contributed by atoms with van der Waals surface area (Å²) in [6.07, 6.45) is 4.60. The van der Waals surface area contributed by atoms with Gasteiger partial charge in [-0.1, -0.05) is 0 Å². The highest BCUT2D eigenvalue weighted by Crippen LogP contribution is 2.34. The minimum Gasteiger partial charge on any atom is -0.388 e. The van der Waals surface area contributed by atoms with Crippen LogP contribution >= 0.6 is 11.3 Å². The quantitative estimate of drug-likeness (QED) is 0.842. The summed E-state index contributed by atoms with van der Waals surface area (Å²) in [5, 5.41) is 11.0. The molecule has 0 bridgehead atoms. The van der Waals surface area contributed by atoms with Crippen molar-refractivity contribution in [2.24, 2.45) is 0 Å². The van der Waals surface area contributed by atoms with Gasteiger partial charge in [0.05, 0.1) is 6.10 Å². The van der Waals surface area contributed by atoms with Gasteiger partial charge in [-0.25, -0.2) is 4.98 Å². The zero-order valence-electron chi connectivity index (χ0n) is 10.1. The molecule has 3 rings (SSSR count). The van der Waals surface area contributed by atoms with Gasteiger partial charge in [0.15, 0.2) is 5.13 Å². The van der Waals surface area contributed by atoms with Crippen LogP contribution in [0, 0.1) is 13.8 Å². The molecule has 0 aliphatic heterocycles. The van der Waals surface area contributed by atoms with Crippen LogP contribution in [0.15, 0.2) is 12.3 Å². The normalized spacial score (nSPS) is 19.4. The van der Waals surface area contributed by atoms with Crippen LogP contribution in [0.2, 0.25) is 0 Å². The first-order valence-corrected chi connectivity index (χ1v) is 6.80. The minimum atomic E-state index is -0.292. The lowest BCUT2D eigenvalue weighted by molar-refractivity contribution is 0.156. The fourth-order valence-corrected chi connectivity index (χ4v) is 3.43. The minimum absolute atomic E-state index is 0.292. The van der Waals surface area contributed by atoms with Gasteiger partial charge in [-0.2, -0.15) is 0 Å². The summed E-state index contributed by atoms with van der Waals surface area (Å²) in [6, 6.07) is 2.11. The summed E-state index contributed by atoms with van der Waals surface area (Å²) < 4.78 is 2.20. The molecule has 2 heterocycles. The summed E-state index contributed by atoms with van der Waals surface area (Å²) in [5.41, 5.74) is 3.52. The number of rotatable bonds is 1. The van der Waals surface area contributed by atoms with E-state index in [-0.39, 0.29) is 6.10 Å². The second-order valence-corrected chi connectivity index (χ2v) is 5.90. The topological polar surface area (TPSA) is 38.0 Å². The molecule has 1 aliphatic carbocycles. The maximum Gasteiger partial charge on any atom is 0.194 e. The fourth-order valence-electron chi connectivity index (χ4n) is 2.59. The molecule has 2 aromatic heterocycles. The molecule has 1 unspecified atom stereocenters.